The van der Waals surface area contributed by atoms with Crippen molar-refractivity contribution >= 4 is 27.8 Å². The van der Waals surface area contributed by atoms with Gasteiger partial charge in [-0.3, -0.25) is 0 Å². The Morgan fingerprint density at radius 3 is 2.42 bits per heavy atom. The van der Waals surface area contributed by atoms with Crippen LogP contribution in [0.5, 0.6) is 0 Å². The van der Waals surface area contributed by atoms with Gasteiger partial charge >= 0.3 is 6.03 Å². The number of nitrogens with zero attached hydrogens (tertiary/aromatic N) is 4. The van der Waals surface area contributed by atoms with Crippen molar-refractivity contribution in [2.75, 3.05) is 45.2 Å². The van der Waals surface area contributed by atoms with Crippen molar-refractivity contribution in [3.05, 3.63) is 22.3 Å². The number of aryl methyl sites for hydroxylation is 1. The highest BCUT2D eigenvalue weighted by molar-refractivity contribution is 9.10. The lowest BCUT2D eigenvalue weighted by atomic mass is 10.3. The Bertz CT molecular complexity index is 470. The summed E-state index contributed by atoms with van der Waals surface area (Å²) >= 11 is 3.46. The monoisotopic (exact) mass is 326 g/mol. The van der Waals surface area contributed by atoms with Crippen LogP contribution in [-0.2, 0) is 0 Å². The van der Waals surface area contributed by atoms with Gasteiger partial charge in [0.05, 0.1) is 5.69 Å². The van der Waals surface area contributed by atoms with Crippen LogP contribution in [0.25, 0.3) is 0 Å². The fourth-order valence-electron chi connectivity index (χ4n) is 2.12. The molecule has 1 aliphatic rings. The number of aromatic nitrogens is 1. The molecule has 5 nitrogen and oxygen atoms in total. The first kappa shape index (κ1) is 14.1. The maximum Gasteiger partial charge on any atom is 0.319 e. The van der Waals surface area contributed by atoms with Crippen molar-refractivity contribution in [2.45, 2.75) is 6.92 Å². The third kappa shape index (κ3) is 3.18. The van der Waals surface area contributed by atoms with Gasteiger partial charge in [-0.1, -0.05) is 0 Å². The number of urea groups is 1. The summed E-state index contributed by atoms with van der Waals surface area (Å²) in [5, 5.41) is 0. The van der Waals surface area contributed by atoms with Crippen LogP contribution in [0.15, 0.2) is 16.6 Å². The lowest BCUT2D eigenvalue weighted by Crippen LogP contribution is -2.51. The van der Waals surface area contributed by atoms with Crippen LogP contribution in [0.3, 0.4) is 0 Å². The minimum atomic E-state index is 0.0830. The van der Waals surface area contributed by atoms with Crippen molar-refractivity contribution in [1.29, 1.82) is 0 Å². The molecule has 0 aliphatic carbocycles. The molecule has 6 heteroatoms. The maximum absolute atomic E-state index is 11.9. The number of anilines is 1. The summed E-state index contributed by atoms with van der Waals surface area (Å²) < 4.78 is 1.03. The summed E-state index contributed by atoms with van der Waals surface area (Å²) in [6.45, 7) is 5.13. The number of pyridine rings is 1. The molecule has 0 atom stereocenters. The Balaban J connectivity index is 2.00. The van der Waals surface area contributed by atoms with Crippen LogP contribution in [0.2, 0.25) is 0 Å². The average Bonchev–Trinajstić information content (AvgIpc) is 2.41. The van der Waals surface area contributed by atoms with Gasteiger partial charge in [0.15, 0.2) is 0 Å². The lowest BCUT2D eigenvalue weighted by Gasteiger charge is -2.36. The van der Waals surface area contributed by atoms with E-state index in [4.69, 9.17) is 0 Å². The second kappa shape index (κ2) is 5.77. The molecular formula is C13H19BrN4O. The number of halogens is 1. The van der Waals surface area contributed by atoms with Crippen molar-refractivity contribution in [3.63, 3.8) is 0 Å². The van der Waals surface area contributed by atoms with E-state index in [0.717, 1.165) is 42.2 Å². The largest absolute Gasteiger partial charge is 0.353 e. The molecule has 0 spiro atoms. The van der Waals surface area contributed by atoms with Gasteiger partial charge in [-0.05, 0) is 35.0 Å². The van der Waals surface area contributed by atoms with Crippen molar-refractivity contribution < 1.29 is 4.79 Å². The zero-order chi connectivity index (χ0) is 14.0. The minimum absolute atomic E-state index is 0.0830. The SMILES string of the molecule is Cc1nc(N2CCN(C(=O)N(C)C)CC2)ccc1Br. The molecule has 104 valence electrons. The Labute approximate surface area is 122 Å². The van der Waals surface area contributed by atoms with Crippen molar-refractivity contribution in [2.24, 2.45) is 0 Å². The first-order chi connectivity index (χ1) is 8.99. The molecule has 1 aromatic heterocycles. The fourth-order valence-corrected chi connectivity index (χ4v) is 2.34. The number of piperazine rings is 1. The van der Waals surface area contributed by atoms with Crippen molar-refractivity contribution in [1.82, 2.24) is 14.8 Å². The highest BCUT2D eigenvalue weighted by Crippen LogP contribution is 2.20. The summed E-state index contributed by atoms with van der Waals surface area (Å²) in [5.74, 6) is 0.984. The summed E-state index contributed by atoms with van der Waals surface area (Å²) in [4.78, 5) is 22.1. The third-order valence-electron chi connectivity index (χ3n) is 3.26. The van der Waals surface area contributed by atoms with E-state index in [2.05, 4.69) is 25.8 Å². The van der Waals surface area contributed by atoms with Gasteiger partial charge in [0.25, 0.3) is 0 Å². The van der Waals surface area contributed by atoms with Crippen LogP contribution in [0.4, 0.5) is 10.6 Å². The van der Waals surface area contributed by atoms with Gasteiger partial charge in [0.1, 0.15) is 5.82 Å². The number of carbonyl (C=O) groups is 1. The molecule has 1 aliphatic heterocycles. The molecule has 2 rings (SSSR count). The van der Waals surface area contributed by atoms with Crippen LogP contribution in [-0.4, -0.2) is 61.1 Å². The minimum Gasteiger partial charge on any atom is -0.353 e. The Morgan fingerprint density at radius 2 is 1.89 bits per heavy atom. The third-order valence-corrected chi connectivity index (χ3v) is 4.10. The summed E-state index contributed by atoms with van der Waals surface area (Å²) in [6, 6.07) is 4.12. The molecule has 19 heavy (non-hydrogen) atoms. The van der Waals surface area contributed by atoms with Crippen LogP contribution < -0.4 is 4.90 Å². The molecule has 2 heterocycles. The van der Waals surface area contributed by atoms with Crippen LogP contribution in [0.1, 0.15) is 5.69 Å². The highest BCUT2D eigenvalue weighted by atomic mass is 79.9. The molecule has 0 saturated carbocycles. The molecule has 1 aromatic rings. The molecule has 0 radical (unpaired) electrons. The molecule has 1 saturated heterocycles. The van der Waals surface area contributed by atoms with Gasteiger partial charge in [-0.2, -0.15) is 0 Å². The van der Waals surface area contributed by atoms with Gasteiger partial charge in [-0.15, -0.1) is 0 Å². The number of rotatable bonds is 1. The van der Waals surface area contributed by atoms with E-state index in [1.165, 1.54) is 0 Å². The highest BCUT2D eigenvalue weighted by Gasteiger charge is 2.22. The Kier molecular flexibility index (Phi) is 4.29. The lowest BCUT2D eigenvalue weighted by molar-refractivity contribution is 0.168. The van der Waals surface area contributed by atoms with E-state index in [1.807, 2.05) is 24.0 Å². The topological polar surface area (TPSA) is 39.7 Å². The molecule has 0 aromatic carbocycles. The van der Waals surface area contributed by atoms with E-state index < -0.39 is 0 Å². The zero-order valence-electron chi connectivity index (χ0n) is 11.6. The average molecular weight is 327 g/mol. The zero-order valence-corrected chi connectivity index (χ0v) is 13.1. The molecule has 1 fully saturated rings. The summed E-state index contributed by atoms with van der Waals surface area (Å²) in [5.41, 5.74) is 0.990. The smallest absolute Gasteiger partial charge is 0.319 e. The maximum atomic E-state index is 11.9. The first-order valence-electron chi connectivity index (χ1n) is 6.33. The molecule has 0 N–H and O–H groups in total. The second-order valence-electron chi connectivity index (χ2n) is 4.89. The second-order valence-corrected chi connectivity index (χ2v) is 5.74. The predicted molar refractivity (Wildman–Crippen MR) is 79.5 cm³/mol. The number of carbonyl (C=O) groups excluding carboxylic acids is 1. The van der Waals surface area contributed by atoms with E-state index >= 15 is 0 Å². The van der Waals surface area contributed by atoms with Gasteiger partial charge in [-0.25, -0.2) is 9.78 Å². The van der Waals surface area contributed by atoms with E-state index in [0.29, 0.717) is 0 Å². The fraction of sp³-hybridized carbons (Fsp3) is 0.538. The predicted octanol–water partition coefficient (Wildman–Crippen LogP) is 1.96. The number of amides is 2. The standard InChI is InChI=1S/C13H19BrN4O/c1-10-11(14)4-5-12(15-10)17-6-8-18(9-7-17)13(19)16(2)3/h4-5H,6-9H2,1-3H3. The molecule has 0 unspecified atom stereocenters. The van der Waals surface area contributed by atoms with Gasteiger partial charge < -0.3 is 14.7 Å². The number of hydrogen-bond donors (Lipinski definition) is 0. The van der Waals surface area contributed by atoms with E-state index in [1.54, 1.807) is 19.0 Å². The van der Waals surface area contributed by atoms with Crippen LogP contribution in [0, 0.1) is 6.92 Å². The Morgan fingerprint density at radius 1 is 1.26 bits per heavy atom. The summed E-state index contributed by atoms with van der Waals surface area (Å²) in [6.07, 6.45) is 0. The molecule has 2 amide bonds. The molecular weight excluding hydrogens is 308 g/mol. The van der Waals surface area contributed by atoms with Crippen LogP contribution >= 0.6 is 15.9 Å². The van der Waals surface area contributed by atoms with Crippen molar-refractivity contribution in [3.8, 4) is 0 Å². The Hall–Kier alpha value is -1.30. The van der Waals surface area contributed by atoms with E-state index in [9.17, 15) is 4.79 Å². The normalized spacial score (nSPS) is 15.6. The van der Waals surface area contributed by atoms with E-state index in [-0.39, 0.29) is 6.03 Å². The van der Waals surface area contributed by atoms with Gasteiger partial charge in [0.2, 0.25) is 0 Å². The number of hydrogen-bond acceptors (Lipinski definition) is 3. The summed E-state index contributed by atoms with van der Waals surface area (Å²) in [7, 11) is 3.57. The quantitative estimate of drug-likeness (QED) is 0.792. The van der Waals surface area contributed by atoms with Gasteiger partial charge in [0, 0.05) is 44.7 Å². The first-order valence-corrected chi connectivity index (χ1v) is 7.12. The molecule has 0 bridgehead atoms.